The van der Waals surface area contributed by atoms with E-state index >= 15 is 0 Å². The smallest absolute Gasteiger partial charge is 0.278 e. The highest BCUT2D eigenvalue weighted by molar-refractivity contribution is 5.92. The molecule has 0 bridgehead atoms. The summed E-state index contributed by atoms with van der Waals surface area (Å²) in [5.41, 5.74) is 1.11. The Labute approximate surface area is 134 Å². The second-order valence-corrected chi connectivity index (χ2v) is 5.68. The second-order valence-electron chi connectivity index (χ2n) is 5.68. The zero-order valence-corrected chi connectivity index (χ0v) is 13.2. The van der Waals surface area contributed by atoms with Crippen LogP contribution in [0.3, 0.4) is 0 Å². The van der Waals surface area contributed by atoms with Crippen LogP contribution >= 0.6 is 0 Å². The summed E-state index contributed by atoms with van der Waals surface area (Å²) in [6.45, 7) is 5.13. The van der Waals surface area contributed by atoms with E-state index < -0.39 is 0 Å². The Morgan fingerprint density at radius 1 is 1.30 bits per heavy atom. The predicted molar refractivity (Wildman–Crippen MR) is 85.9 cm³/mol. The molecule has 1 saturated heterocycles. The average molecular weight is 313 g/mol. The number of ether oxygens (including phenoxy) is 1. The lowest BCUT2D eigenvalue weighted by Gasteiger charge is -2.30. The van der Waals surface area contributed by atoms with Crippen LogP contribution in [0.1, 0.15) is 23.1 Å². The number of carbonyl (C=O) groups excluding carboxylic acids is 1. The van der Waals surface area contributed by atoms with Gasteiger partial charge in [-0.25, -0.2) is 4.68 Å². The largest absolute Gasteiger partial charge is 0.375 e. The van der Waals surface area contributed by atoms with Crippen molar-refractivity contribution in [2.45, 2.75) is 20.0 Å². The maximum atomic E-state index is 12.7. The normalized spacial score (nSPS) is 18.0. The number of para-hydroxylation sites is 1. The zero-order chi connectivity index (χ0) is 16.4. The third-order valence-corrected chi connectivity index (χ3v) is 3.84. The summed E-state index contributed by atoms with van der Waals surface area (Å²) in [5.74, 6) is -0.338. The molecule has 1 aromatic carbocycles. The topological polar surface area (TPSA) is 64.4 Å². The van der Waals surface area contributed by atoms with Crippen LogP contribution in [0.5, 0.6) is 0 Å². The first-order valence-corrected chi connectivity index (χ1v) is 7.63. The molecule has 23 heavy (non-hydrogen) atoms. The molecule has 1 aromatic heterocycles. The van der Waals surface area contributed by atoms with Gasteiger partial charge < -0.3 is 9.64 Å². The number of hydrogen-bond acceptors (Lipinski definition) is 4. The minimum Gasteiger partial charge on any atom is -0.375 e. The van der Waals surface area contributed by atoms with Crippen molar-refractivity contribution in [3.63, 3.8) is 0 Å². The molecule has 0 radical (unpaired) electrons. The highest BCUT2D eigenvalue weighted by atomic mass is 16.5. The summed E-state index contributed by atoms with van der Waals surface area (Å²) < 4.78 is 7.06. The quantitative estimate of drug-likeness (QED) is 0.841. The van der Waals surface area contributed by atoms with E-state index in [1.165, 1.54) is 6.07 Å². The van der Waals surface area contributed by atoms with Gasteiger partial charge in [0.25, 0.3) is 5.91 Å². The first-order chi connectivity index (χ1) is 11.1. The van der Waals surface area contributed by atoms with Crippen LogP contribution in [0.15, 0.2) is 41.2 Å². The number of nitrogens with zero attached hydrogens (tertiary/aromatic N) is 3. The van der Waals surface area contributed by atoms with E-state index in [9.17, 15) is 9.59 Å². The molecule has 6 nitrogen and oxygen atoms in total. The fourth-order valence-electron chi connectivity index (χ4n) is 2.68. The van der Waals surface area contributed by atoms with Crippen molar-refractivity contribution in [2.24, 2.45) is 0 Å². The molecule has 1 aliphatic heterocycles. The fourth-order valence-corrected chi connectivity index (χ4v) is 2.68. The lowest BCUT2D eigenvalue weighted by Crippen LogP contribution is -2.46. The predicted octanol–water partition coefficient (Wildman–Crippen LogP) is 1.40. The first-order valence-electron chi connectivity index (χ1n) is 7.63. The Balaban J connectivity index is 1.99. The third-order valence-electron chi connectivity index (χ3n) is 3.84. The molecule has 1 atom stereocenters. The van der Waals surface area contributed by atoms with Gasteiger partial charge >= 0.3 is 0 Å². The molecular weight excluding hydrogens is 294 g/mol. The number of rotatable bonds is 2. The Hall–Kier alpha value is -2.47. The van der Waals surface area contributed by atoms with Crippen molar-refractivity contribution in [2.75, 3.05) is 19.7 Å². The van der Waals surface area contributed by atoms with E-state index in [1.54, 1.807) is 16.5 Å². The van der Waals surface area contributed by atoms with Crippen LogP contribution in [0.4, 0.5) is 0 Å². The number of carbonyl (C=O) groups is 1. The van der Waals surface area contributed by atoms with Gasteiger partial charge in [0.2, 0.25) is 5.43 Å². The third kappa shape index (κ3) is 3.17. The molecule has 2 aromatic rings. The van der Waals surface area contributed by atoms with Gasteiger partial charge in [0.05, 0.1) is 18.4 Å². The van der Waals surface area contributed by atoms with E-state index in [2.05, 4.69) is 5.10 Å². The van der Waals surface area contributed by atoms with Crippen molar-refractivity contribution < 1.29 is 9.53 Å². The van der Waals surface area contributed by atoms with E-state index in [0.29, 0.717) is 25.4 Å². The van der Waals surface area contributed by atoms with Gasteiger partial charge in [-0.1, -0.05) is 18.2 Å². The van der Waals surface area contributed by atoms with Gasteiger partial charge in [0, 0.05) is 24.8 Å². The standard InChI is InChI=1S/C17H19N3O3/c1-12-10-15(21)16(17(22)19-8-9-23-13(2)11-19)18-20(12)14-6-4-3-5-7-14/h3-7,10,13H,8-9,11H2,1-2H3/t13-/m0/s1. The van der Waals surface area contributed by atoms with Crippen LogP contribution in [0.25, 0.3) is 5.69 Å². The molecule has 1 aliphatic rings. The van der Waals surface area contributed by atoms with E-state index in [1.807, 2.05) is 37.3 Å². The highest BCUT2D eigenvalue weighted by Crippen LogP contribution is 2.10. The Kier molecular flexibility index (Phi) is 4.25. The minimum atomic E-state index is -0.348. The monoisotopic (exact) mass is 313 g/mol. The molecule has 0 N–H and O–H groups in total. The highest BCUT2D eigenvalue weighted by Gasteiger charge is 2.26. The molecule has 1 fully saturated rings. The number of hydrogen-bond donors (Lipinski definition) is 0. The lowest BCUT2D eigenvalue weighted by molar-refractivity contribution is -0.0127. The summed E-state index contributed by atoms with van der Waals surface area (Å²) in [5, 5.41) is 4.31. The Morgan fingerprint density at radius 2 is 2.04 bits per heavy atom. The van der Waals surface area contributed by atoms with Gasteiger partial charge in [-0.15, -0.1) is 0 Å². The molecule has 0 saturated carbocycles. The van der Waals surface area contributed by atoms with Crippen LogP contribution < -0.4 is 5.43 Å². The van der Waals surface area contributed by atoms with Crippen molar-refractivity contribution in [3.05, 3.63) is 58.0 Å². The van der Waals surface area contributed by atoms with Crippen molar-refractivity contribution in [3.8, 4) is 5.69 Å². The molecule has 1 amide bonds. The van der Waals surface area contributed by atoms with E-state index in [0.717, 1.165) is 5.69 Å². The van der Waals surface area contributed by atoms with Gasteiger partial charge in [0.1, 0.15) is 0 Å². The van der Waals surface area contributed by atoms with Gasteiger partial charge in [-0.3, -0.25) is 9.59 Å². The van der Waals surface area contributed by atoms with Crippen LogP contribution in [-0.2, 0) is 4.74 Å². The minimum absolute atomic E-state index is 0.0329. The summed E-state index contributed by atoms with van der Waals surface area (Å²) in [7, 11) is 0. The molecule has 0 aliphatic carbocycles. The molecule has 2 heterocycles. The van der Waals surface area contributed by atoms with Crippen LogP contribution in [0.2, 0.25) is 0 Å². The molecule has 3 rings (SSSR count). The van der Waals surface area contributed by atoms with Crippen LogP contribution in [0, 0.1) is 6.92 Å². The Bertz CT molecular complexity index is 770. The van der Waals surface area contributed by atoms with E-state index in [-0.39, 0.29) is 23.1 Å². The zero-order valence-electron chi connectivity index (χ0n) is 13.2. The summed E-state index contributed by atoms with van der Waals surface area (Å²) >= 11 is 0. The van der Waals surface area contributed by atoms with Gasteiger partial charge in [0.15, 0.2) is 5.69 Å². The lowest BCUT2D eigenvalue weighted by atomic mass is 10.2. The van der Waals surface area contributed by atoms with Crippen LogP contribution in [-0.4, -0.2) is 46.4 Å². The molecule has 0 spiro atoms. The van der Waals surface area contributed by atoms with E-state index in [4.69, 9.17) is 4.74 Å². The summed E-state index contributed by atoms with van der Waals surface area (Å²) in [6.07, 6.45) is -0.0329. The fraction of sp³-hybridized carbons (Fsp3) is 0.353. The summed E-state index contributed by atoms with van der Waals surface area (Å²) in [6, 6.07) is 10.9. The average Bonchev–Trinajstić information content (AvgIpc) is 2.55. The Morgan fingerprint density at radius 3 is 2.74 bits per heavy atom. The van der Waals surface area contributed by atoms with Crippen molar-refractivity contribution in [1.82, 2.24) is 14.7 Å². The summed E-state index contributed by atoms with van der Waals surface area (Å²) in [4.78, 5) is 26.5. The SMILES string of the molecule is Cc1cc(=O)c(C(=O)N2CCO[C@@H](C)C2)nn1-c1ccccc1. The van der Waals surface area contributed by atoms with Crippen molar-refractivity contribution >= 4 is 5.91 Å². The van der Waals surface area contributed by atoms with Crippen molar-refractivity contribution in [1.29, 1.82) is 0 Å². The maximum absolute atomic E-state index is 12.7. The van der Waals surface area contributed by atoms with Gasteiger partial charge in [-0.05, 0) is 26.0 Å². The number of aromatic nitrogens is 2. The molecule has 6 heteroatoms. The van der Waals surface area contributed by atoms with Gasteiger partial charge in [-0.2, -0.15) is 5.10 Å². The molecular formula is C17H19N3O3. The molecule has 0 unspecified atom stereocenters. The number of benzene rings is 1. The number of aryl methyl sites for hydroxylation is 1. The number of morpholine rings is 1. The maximum Gasteiger partial charge on any atom is 0.278 e. The second kappa shape index (κ2) is 6.34. The number of amides is 1. The first kappa shape index (κ1) is 15.4. The molecule has 120 valence electrons.